The summed E-state index contributed by atoms with van der Waals surface area (Å²) in [6, 6.07) is 11.2. The number of carbonyl (C=O) groups is 1. The minimum atomic E-state index is -0.485. The van der Waals surface area contributed by atoms with Gasteiger partial charge in [-0.2, -0.15) is 5.10 Å². The summed E-state index contributed by atoms with van der Waals surface area (Å²) < 4.78 is 6.00. The molecule has 1 heterocycles. The number of hydrogen-bond donors (Lipinski definition) is 1. The lowest BCUT2D eigenvalue weighted by atomic mass is 10.2. The van der Waals surface area contributed by atoms with Crippen molar-refractivity contribution in [2.24, 2.45) is 5.10 Å². The number of rotatable bonds is 5. The Morgan fingerprint density at radius 3 is 2.69 bits per heavy atom. The second-order valence-electron chi connectivity index (χ2n) is 5.16. The maximum Gasteiger partial charge on any atom is 0.283 e. The van der Waals surface area contributed by atoms with Crippen molar-refractivity contribution >= 4 is 50.8 Å². The molecule has 0 fully saturated rings. The lowest BCUT2D eigenvalue weighted by Crippen LogP contribution is -2.16. The zero-order valence-corrected chi connectivity index (χ0v) is 15.0. The molecule has 0 unspecified atom stereocenters. The van der Waals surface area contributed by atoms with Crippen molar-refractivity contribution in [2.75, 3.05) is 7.11 Å². The van der Waals surface area contributed by atoms with Crippen LogP contribution in [-0.2, 0) is 0 Å². The topological polar surface area (TPSA) is 93.8 Å². The quantitative estimate of drug-likeness (QED) is 0.401. The molecule has 1 N–H and O–H groups in total. The Balaban J connectivity index is 1.74. The fraction of sp³-hybridized carbons (Fsp3) is 0.0588. The fourth-order valence-corrected chi connectivity index (χ4v) is 3.65. The average molecular weight is 390 g/mol. The summed E-state index contributed by atoms with van der Waals surface area (Å²) in [5.74, 6) is 0.242. The van der Waals surface area contributed by atoms with Gasteiger partial charge in [-0.1, -0.05) is 11.6 Å². The van der Waals surface area contributed by atoms with Crippen LogP contribution in [0.5, 0.6) is 5.75 Å². The molecule has 0 saturated heterocycles. The number of nitrogens with one attached hydrogen (secondary N) is 1. The first-order chi connectivity index (χ1) is 12.5. The number of amides is 1. The molecule has 0 aliphatic heterocycles. The van der Waals surface area contributed by atoms with E-state index in [1.165, 1.54) is 41.8 Å². The molecule has 0 bridgehead atoms. The van der Waals surface area contributed by atoms with Crippen LogP contribution in [0.2, 0.25) is 5.02 Å². The number of benzene rings is 2. The maximum atomic E-state index is 12.3. The zero-order valence-electron chi connectivity index (χ0n) is 13.4. The third-order valence-electron chi connectivity index (χ3n) is 3.53. The predicted molar refractivity (Wildman–Crippen MR) is 102 cm³/mol. The Hall–Kier alpha value is -2.97. The molecular formula is C17H12ClN3O4S. The van der Waals surface area contributed by atoms with Crippen LogP contribution in [0.1, 0.15) is 15.2 Å². The van der Waals surface area contributed by atoms with Crippen molar-refractivity contribution in [2.45, 2.75) is 0 Å². The van der Waals surface area contributed by atoms with Gasteiger partial charge in [0.05, 0.1) is 23.3 Å². The summed E-state index contributed by atoms with van der Waals surface area (Å²) in [5, 5.41) is 15.6. The van der Waals surface area contributed by atoms with Gasteiger partial charge in [-0.25, -0.2) is 5.43 Å². The molecule has 9 heteroatoms. The molecule has 0 atom stereocenters. The van der Waals surface area contributed by atoms with Crippen molar-refractivity contribution < 1.29 is 14.5 Å². The molecule has 0 saturated carbocycles. The van der Waals surface area contributed by atoms with Crippen LogP contribution in [0.25, 0.3) is 10.1 Å². The van der Waals surface area contributed by atoms with Crippen LogP contribution in [0.4, 0.5) is 5.69 Å². The summed E-state index contributed by atoms with van der Waals surface area (Å²) in [7, 11) is 1.57. The van der Waals surface area contributed by atoms with Crippen molar-refractivity contribution in [1.29, 1.82) is 0 Å². The van der Waals surface area contributed by atoms with Gasteiger partial charge in [0.15, 0.2) is 0 Å². The number of carbonyl (C=O) groups excluding carboxylic acids is 1. The molecule has 132 valence electrons. The van der Waals surface area contributed by atoms with Gasteiger partial charge in [-0.05, 0) is 35.9 Å². The molecule has 3 aromatic rings. The van der Waals surface area contributed by atoms with E-state index in [9.17, 15) is 14.9 Å². The van der Waals surface area contributed by atoms with Crippen LogP contribution >= 0.6 is 22.9 Å². The molecule has 0 aliphatic carbocycles. The number of non-ortho nitro benzene ring substituents is 1. The molecule has 7 nitrogen and oxygen atoms in total. The summed E-state index contributed by atoms with van der Waals surface area (Å²) in [6.45, 7) is 0. The second kappa shape index (κ2) is 7.51. The van der Waals surface area contributed by atoms with Gasteiger partial charge in [0.1, 0.15) is 10.6 Å². The number of nitrogens with zero attached hydrogens (tertiary/aromatic N) is 2. The molecule has 3 rings (SSSR count). The highest BCUT2D eigenvalue weighted by Crippen LogP contribution is 2.37. The summed E-state index contributed by atoms with van der Waals surface area (Å²) in [5.41, 5.74) is 3.01. The third kappa shape index (κ3) is 3.66. The highest BCUT2D eigenvalue weighted by Gasteiger charge is 2.17. The molecule has 0 aliphatic rings. The van der Waals surface area contributed by atoms with Gasteiger partial charge in [0.2, 0.25) is 0 Å². The molecular weight excluding hydrogens is 378 g/mol. The molecule has 26 heavy (non-hydrogen) atoms. The SMILES string of the molecule is COc1ccc2c(Cl)c(C(=O)N/N=C\c3ccc([N+](=O)[O-])cc3)sc2c1. The normalized spacial score (nSPS) is 11.0. The first-order valence-electron chi connectivity index (χ1n) is 7.33. The monoisotopic (exact) mass is 389 g/mol. The molecule has 1 aromatic heterocycles. The van der Waals surface area contributed by atoms with Crippen molar-refractivity contribution in [1.82, 2.24) is 5.43 Å². The van der Waals surface area contributed by atoms with Crippen LogP contribution in [0, 0.1) is 10.1 Å². The zero-order chi connectivity index (χ0) is 18.7. The predicted octanol–water partition coefficient (Wildman–Crippen LogP) is 4.24. The Morgan fingerprint density at radius 2 is 2.04 bits per heavy atom. The van der Waals surface area contributed by atoms with Crippen LogP contribution < -0.4 is 10.2 Å². The van der Waals surface area contributed by atoms with Gasteiger partial charge in [-0.15, -0.1) is 11.3 Å². The van der Waals surface area contributed by atoms with E-state index in [0.29, 0.717) is 21.2 Å². The number of halogens is 1. The highest BCUT2D eigenvalue weighted by molar-refractivity contribution is 7.21. The maximum absolute atomic E-state index is 12.3. The lowest BCUT2D eigenvalue weighted by molar-refractivity contribution is -0.384. The number of methoxy groups -OCH3 is 1. The molecule has 2 aromatic carbocycles. The molecule has 0 spiro atoms. The van der Waals surface area contributed by atoms with Gasteiger partial charge >= 0.3 is 0 Å². The van der Waals surface area contributed by atoms with Crippen molar-refractivity contribution in [3.63, 3.8) is 0 Å². The summed E-state index contributed by atoms with van der Waals surface area (Å²) >= 11 is 7.52. The van der Waals surface area contributed by atoms with E-state index in [1.54, 1.807) is 19.2 Å². The first kappa shape index (κ1) is 17.8. The summed E-state index contributed by atoms with van der Waals surface area (Å²) in [6.07, 6.45) is 1.39. The molecule has 1 amide bonds. The first-order valence-corrected chi connectivity index (χ1v) is 8.53. The van der Waals surface area contributed by atoms with E-state index < -0.39 is 10.8 Å². The lowest BCUT2D eigenvalue weighted by Gasteiger charge is -1.98. The molecule has 0 radical (unpaired) electrons. The summed E-state index contributed by atoms with van der Waals surface area (Å²) in [4.78, 5) is 22.8. The number of fused-ring (bicyclic) bond motifs is 1. The Bertz CT molecular complexity index is 1010. The van der Waals surface area contributed by atoms with E-state index in [4.69, 9.17) is 16.3 Å². The minimum absolute atomic E-state index is 0.0151. The fourth-order valence-electron chi connectivity index (χ4n) is 2.22. The number of thiophene rings is 1. The Morgan fingerprint density at radius 1 is 1.31 bits per heavy atom. The number of ether oxygens (including phenoxy) is 1. The second-order valence-corrected chi connectivity index (χ2v) is 6.59. The highest BCUT2D eigenvalue weighted by atomic mass is 35.5. The Labute approximate surface area is 157 Å². The van der Waals surface area contributed by atoms with E-state index in [-0.39, 0.29) is 5.69 Å². The van der Waals surface area contributed by atoms with Crippen LogP contribution in [0.15, 0.2) is 47.6 Å². The van der Waals surface area contributed by atoms with Gasteiger partial charge in [0.25, 0.3) is 11.6 Å². The van der Waals surface area contributed by atoms with Crippen LogP contribution in [0.3, 0.4) is 0 Å². The van der Waals surface area contributed by atoms with Crippen molar-refractivity contribution in [3.05, 3.63) is 68.0 Å². The Kier molecular flexibility index (Phi) is 5.15. The largest absolute Gasteiger partial charge is 0.497 e. The average Bonchev–Trinajstić information content (AvgIpc) is 2.98. The smallest absolute Gasteiger partial charge is 0.283 e. The van der Waals surface area contributed by atoms with Crippen molar-refractivity contribution in [3.8, 4) is 5.75 Å². The van der Waals surface area contributed by atoms with E-state index in [1.807, 2.05) is 6.07 Å². The van der Waals surface area contributed by atoms with Gasteiger partial charge in [-0.3, -0.25) is 14.9 Å². The van der Waals surface area contributed by atoms with Crippen LogP contribution in [-0.4, -0.2) is 24.2 Å². The van der Waals surface area contributed by atoms with Gasteiger partial charge in [0, 0.05) is 22.2 Å². The van der Waals surface area contributed by atoms with E-state index >= 15 is 0 Å². The number of nitro groups is 1. The number of hydrogen-bond acceptors (Lipinski definition) is 6. The third-order valence-corrected chi connectivity index (χ3v) is 5.18. The number of hydrazone groups is 1. The van der Waals surface area contributed by atoms with Gasteiger partial charge < -0.3 is 4.74 Å². The standard InChI is InChI=1S/C17H12ClN3O4S/c1-25-12-6-7-13-14(8-12)26-16(15(13)18)17(22)20-19-9-10-2-4-11(5-3-10)21(23)24/h2-9H,1H3,(H,20,22)/b19-9-. The van der Waals surface area contributed by atoms with E-state index in [2.05, 4.69) is 10.5 Å². The number of nitro benzene ring substituents is 1. The minimum Gasteiger partial charge on any atom is -0.497 e. The van der Waals surface area contributed by atoms with E-state index in [0.717, 1.165) is 10.1 Å².